The number of primary amides is 1. The summed E-state index contributed by atoms with van der Waals surface area (Å²) in [4.78, 5) is 19.5. The Labute approximate surface area is 90.1 Å². The van der Waals surface area contributed by atoms with Crippen molar-refractivity contribution < 1.29 is 4.79 Å². The molecule has 0 radical (unpaired) electrons. The first-order chi connectivity index (χ1) is 6.68. The lowest BCUT2D eigenvalue weighted by Crippen LogP contribution is -2.18. The normalized spacial score (nSPS) is 14.9. The van der Waals surface area contributed by atoms with Gasteiger partial charge in [-0.3, -0.25) is 4.79 Å². The molecule has 0 bridgehead atoms. The average molecular weight is 256 g/mol. The Morgan fingerprint density at radius 3 is 2.36 bits per heavy atom. The number of aromatic nitrogens is 2. The Bertz CT molecular complexity index is 392. The lowest BCUT2D eigenvalue weighted by Gasteiger charge is -2.14. The van der Waals surface area contributed by atoms with Gasteiger partial charge in [0, 0.05) is 0 Å². The molecule has 0 spiro atoms. The van der Waals surface area contributed by atoms with Gasteiger partial charge >= 0.3 is 0 Å². The number of rotatable bonds is 1. The van der Waals surface area contributed by atoms with Crippen molar-refractivity contribution in [3.05, 3.63) is 21.7 Å². The molecule has 2 rings (SSSR count). The zero-order valence-corrected chi connectivity index (χ0v) is 9.17. The van der Waals surface area contributed by atoms with E-state index in [1.807, 2.05) is 0 Å². The third-order valence-electron chi connectivity index (χ3n) is 2.32. The summed E-state index contributed by atoms with van der Waals surface area (Å²) in [5.41, 5.74) is 7.34. The van der Waals surface area contributed by atoms with Crippen LogP contribution in [0.25, 0.3) is 0 Å². The van der Waals surface area contributed by atoms with Crippen LogP contribution in [0.2, 0.25) is 0 Å². The van der Waals surface area contributed by atoms with Crippen LogP contribution in [0.3, 0.4) is 0 Å². The molecule has 4 nitrogen and oxygen atoms in total. The Balaban J connectivity index is 2.50. The minimum absolute atomic E-state index is 0.241. The SMILES string of the molecule is NC(=O)c1nc2c(nc1Br)CCCC2. The lowest BCUT2D eigenvalue weighted by molar-refractivity contribution is 0.0994. The zero-order valence-electron chi connectivity index (χ0n) is 7.59. The first kappa shape index (κ1) is 9.58. The maximum absolute atomic E-state index is 11.0. The maximum Gasteiger partial charge on any atom is 0.270 e. The molecule has 1 aliphatic carbocycles. The Morgan fingerprint density at radius 1 is 1.21 bits per heavy atom. The third kappa shape index (κ3) is 1.64. The number of nitrogens with zero attached hydrogens (tertiary/aromatic N) is 2. The van der Waals surface area contributed by atoms with E-state index in [0.717, 1.165) is 37.1 Å². The maximum atomic E-state index is 11.0. The van der Waals surface area contributed by atoms with E-state index in [0.29, 0.717) is 4.60 Å². The molecule has 1 aromatic rings. The van der Waals surface area contributed by atoms with E-state index in [-0.39, 0.29) is 5.69 Å². The van der Waals surface area contributed by atoms with E-state index in [9.17, 15) is 4.79 Å². The molecule has 14 heavy (non-hydrogen) atoms. The number of aryl methyl sites for hydroxylation is 2. The largest absolute Gasteiger partial charge is 0.364 e. The molecule has 1 heterocycles. The van der Waals surface area contributed by atoms with Gasteiger partial charge in [-0.2, -0.15) is 0 Å². The highest BCUT2D eigenvalue weighted by molar-refractivity contribution is 9.10. The molecule has 5 heteroatoms. The quantitative estimate of drug-likeness (QED) is 0.821. The second-order valence-electron chi connectivity index (χ2n) is 3.33. The van der Waals surface area contributed by atoms with Gasteiger partial charge in [-0.15, -0.1) is 0 Å². The minimum atomic E-state index is -0.530. The summed E-state index contributed by atoms with van der Waals surface area (Å²) in [6.45, 7) is 0. The van der Waals surface area contributed by atoms with E-state index in [1.165, 1.54) is 0 Å². The van der Waals surface area contributed by atoms with Gasteiger partial charge in [-0.05, 0) is 41.6 Å². The van der Waals surface area contributed by atoms with E-state index < -0.39 is 5.91 Å². The Hall–Kier alpha value is -0.970. The number of hydrogen-bond acceptors (Lipinski definition) is 3. The summed E-state index contributed by atoms with van der Waals surface area (Å²) in [6, 6.07) is 0. The summed E-state index contributed by atoms with van der Waals surface area (Å²) in [7, 11) is 0. The molecule has 1 aromatic heterocycles. The molecule has 0 saturated carbocycles. The van der Waals surface area contributed by atoms with Crippen LogP contribution in [-0.4, -0.2) is 15.9 Å². The molecule has 0 fully saturated rings. The second-order valence-corrected chi connectivity index (χ2v) is 4.08. The highest BCUT2D eigenvalue weighted by atomic mass is 79.9. The van der Waals surface area contributed by atoms with Crippen molar-refractivity contribution >= 4 is 21.8 Å². The molecule has 0 aromatic carbocycles. The average Bonchev–Trinajstić information content (AvgIpc) is 2.16. The summed E-state index contributed by atoms with van der Waals surface area (Å²) >= 11 is 3.20. The molecule has 0 aliphatic heterocycles. The van der Waals surface area contributed by atoms with Crippen molar-refractivity contribution in [1.29, 1.82) is 0 Å². The van der Waals surface area contributed by atoms with E-state index in [1.54, 1.807) is 0 Å². The molecule has 74 valence electrons. The summed E-state index contributed by atoms with van der Waals surface area (Å²) < 4.78 is 0.464. The topological polar surface area (TPSA) is 68.9 Å². The van der Waals surface area contributed by atoms with E-state index in [4.69, 9.17) is 5.73 Å². The van der Waals surface area contributed by atoms with Gasteiger partial charge in [-0.1, -0.05) is 0 Å². The van der Waals surface area contributed by atoms with Crippen molar-refractivity contribution in [3.8, 4) is 0 Å². The smallest absolute Gasteiger partial charge is 0.270 e. The summed E-state index contributed by atoms with van der Waals surface area (Å²) in [6.07, 6.45) is 4.10. The number of amides is 1. The van der Waals surface area contributed by atoms with Gasteiger partial charge < -0.3 is 5.73 Å². The monoisotopic (exact) mass is 255 g/mol. The van der Waals surface area contributed by atoms with Gasteiger partial charge in [0.15, 0.2) is 5.69 Å². The summed E-state index contributed by atoms with van der Waals surface area (Å²) in [5, 5.41) is 0. The number of fused-ring (bicyclic) bond motifs is 1. The van der Waals surface area contributed by atoms with Gasteiger partial charge in [0.05, 0.1) is 11.4 Å². The fourth-order valence-corrected chi connectivity index (χ4v) is 2.12. The molecule has 2 N–H and O–H groups in total. The highest BCUT2D eigenvalue weighted by Gasteiger charge is 2.17. The predicted octanol–water partition coefficient (Wildman–Crippen LogP) is 1.22. The van der Waals surface area contributed by atoms with Crippen LogP contribution in [0.1, 0.15) is 34.7 Å². The van der Waals surface area contributed by atoms with E-state index in [2.05, 4.69) is 25.9 Å². The van der Waals surface area contributed by atoms with Crippen molar-refractivity contribution in [2.45, 2.75) is 25.7 Å². The van der Waals surface area contributed by atoms with Crippen molar-refractivity contribution in [3.63, 3.8) is 0 Å². The highest BCUT2D eigenvalue weighted by Crippen LogP contribution is 2.21. The Kier molecular flexibility index (Phi) is 2.50. The van der Waals surface area contributed by atoms with Crippen LogP contribution < -0.4 is 5.73 Å². The standard InChI is InChI=1S/C9H10BrN3O/c10-8-7(9(11)14)12-5-3-1-2-4-6(5)13-8/h1-4H2,(H2,11,14). The second kappa shape index (κ2) is 3.65. The molecular formula is C9H10BrN3O. The van der Waals surface area contributed by atoms with Crippen molar-refractivity contribution in [2.75, 3.05) is 0 Å². The molecule has 0 saturated heterocycles. The fraction of sp³-hybridized carbons (Fsp3) is 0.444. The van der Waals surface area contributed by atoms with Crippen molar-refractivity contribution in [2.24, 2.45) is 5.73 Å². The van der Waals surface area contributed by atoms with Gasteiger partial charge in [0.1, 0.15) is 4.60 Å². The lowest BCUT2D eigenvalue weighted by atomic mass is 10.0. The van der Waals surface area contributed by atoms with Crippen LogP contribution in [0.15, 0.2) is 4.60 Å². The number of hydrogen-bond donors (Lipinski definition) is 1. The number of carbonyl (C=O) groups excluding carboxylic acids is 1. The summed E-state index contributed by atoms with van der Waals surface area (Å²) in [5.74, 6) is -0.530. The third-order valence-corrected chi connectivity index (χ3v) is 2.87. The Morgan fingerprint density at radius 2 is 1.79 bits per heavy atom. The first-order valence-electron chi connectivity index (χ1n) is 4.53. The van der Waals surface area contributed by atoms with Gasteiger partial charge in [-0.25, -0.2) is 9.97 Å². The number of carbonyl (C=O) groups is 1. The van der Waals surface area contributed by atoms with E-state index >= 15 is 0 Å². The van der Waals surface area contributed by atoms with Crippen LogP contribution in [-0.2, 0) is 12.8 Å². The zero-order chi connectivity index (χ0) is 10.1. The van der Waals surface area contributed by atoms with Crippen LogP contribution in [0.4, 0.5) is 0 Å². The predicted molar refractivity (Wildman–Crippen MR) is 54.9 cm³/mol. The van der Waals surface area contributed by atoms with Gasteiger partial charge in [0.25, 0.3) is 5.91 Å². The molecule has 0 unspecified atom stereocenters. The van der Waals surface area contributed by atoms with Crippen LogP contribution in [0, 0.1) is 0 Å². The minimum Gasteiger partial charge on any atom is -0.364 e. The first-order valence-corrected chi connectivity index (χ1v) is 5.33. The van der Waals surface area contributed by atoms with Crippen LogP contribution in [0.5, 0.6) is 0 Å². The van der Waals surface area contributed by atoms with Crippen LogP contribution >= 0.6 is 15.9 Å². The number of halogens is 1. The molecular weight excluding hydrogens is 246 g/mol. The van der Waals surface area contributed by atoms with Gasteiger partial charge in [0.2, 0.25) is 0 Å². The molecule has 0 atom stereocenters. The number of nitrogens with two attached hydrogens (primary N) is 1. The van der Waals surface area contributed by atoms with Crippen molar-refractivity contribution in [1.82, 2.24) is 9.97 Å². The fourth-order valence-electron chi connectivity index (χ4n) is 1.62. The molecule has 1 amide bonds. The molecule has 1 aliphatic rings.